The highest BCUT2D eigenvalue weighted by Gasteiger charge is 2.19. The average Bonchev–Trinajstić information content (AvgIpc) is 3.05. The van der Waals surface area contributed by atoms with Crippen LogP contribution in [0.5, 0.6) is 0 Å². The van der Waals surface area contributed by atoms with Crippen molar-refractivity contribution in [2.75, 3.05) is 5.32 Å². The van der Waals surface area contributed by atoms with Crippen molar-refractivity contribution in [3.8, 4) is 11.4 Å². The molecular weight excluding hydrogens is 444 g/mol. The second-order valence-corrected chi connectivity index (χ2v) is 8.42. The summed E-state index contributed by atoms with van der Waals surface area (Å²) in [6.45, 7) is 0.398. The monoisotopic (exact) mass is 464 g/mol. The first-order valence-corrected chi connectivity index (χ1v) is 11.1. The first-order valence-electron chi connectivity index (χ1n) is 10.7. The summed E-state index contributed by atoms with van der Waals surface area (Å²) in [4.78, 5) is 40.4. The summed E-state index contributed by atoms with van der Waals surface area (Å²) < 4.78 is 2.96. The minimum Gasteiger partial charge on any atom is -0.325 e. The first-order chi connectivity index (χ1) is 16.0. The molecule has 168 valence electrons. The average molecular weight is 465 g/mol. The molecule has 1 amide bonds. The number of rotatable bonds is 4. The topological polar surface area (TPSA) is 115 Å². The lowest BCUT2D eigenvalue weighted by Crippen LogP contribution is -2.38. The summed E-state index contributed by atoms with van der Waals surface area (Å²) in [7, 11) is 0. The van der Waals surface area contributed by atoms with Gasteiger partial charge in [0, 0.05) is 24.2 Å². The molecule has 2 N–H and O–H groups in total. The summed E-state index contributed by atoms with van der Waals surface area (Å²) >= 11 is 6.45. The van der Waals surface area contributed by atoms with Crippen LogP contribution in [0.4, 0.5) is 5.69 Å². The van der Waals surface area contributed by atoms with Gasteiger partial charge in [0.15, 0.2) is 5.82 Å². The molecule has 0 radical (unpaired) electrons. The third kappa shape index (κ3) is 4.07. The number of halogens is 1. The number of hydrogen-bond donors (Lipinski definition) is 2. The van der Waals surface area contributed by atoms with Crippen molar-refractivity contribution in [3.05, 3.63) is 74.1 Å². The molecule has 9 nitrogen and oxygen atoms in total. The van der Waals surface area contributed by atoms with Crippen LogP contribution in [0.2, 0.25) is 5.02 Å². The van der Waals surface area contributed by atoms with E-state index in [1.807, 2.05) is 0 Å². The molecule has 5 rings (SSSR count). The van der Waals surface area contributed by atoms with E-state index >= 15 is 0 Å². The Kier molecular flexibility index (Phi) is 5.55. The van der Waals surface area contributed by atoms with Crippen LogP contribution in [0.15, 0.2) is 52.1 Å². The lowest BCUT2D eigenvalue weighted by atomic mass is 10.1. The third-order valence-electron chi connectivity index (χ3n) is 5.79. The number of carbonyl (C=O) groups is 1. The van der Waals surface area contributed by atoms with E-state index in [-0.39, 0.29) is 0 Å². The zero-order chi connectivity index (χ0) is 22.9. The predicted molar refractivity (Wildman–Crippen MR) is 125 cm³/mol. The van der Waals surface area contributed by atoms with Gasteiger partial charge in [-0.2, -0.15) is 0 Å². The fourth-order valence-corrected chi connectivity index (χ4v) is 4.35. The number of aromatic nitrogens is 5. The van der Waals surface area contributed by atoms with Crippen molar-refractivity contribution in [2.45, 2.75) is 38.8 Å². The number of amides is 1. The largest absolute Gasteiger partial charge is 0.329 e. The van der Waals surface area contributed by atoms with E-state index in [0.29, 0.717) is 33.0 Å². The van der Waals surface area contributed by atoms with E-state index in [9.17, 15) is 14.4 Å². The molecule has 1 aliphatic rings. The molecule has 3 heterocycles. The maximum Gasteiger partial charge on any atom is 0.329 e. The zero-order valence-electron chi connectivity index (χ0n) is 17.7. The van der Waals surface area contributed by atoms with Crippen LogP contribution in [-0.2, 0) is 24.3 Å². The maximum atomic E-state index is 12.7. The fraction of sp³-hybridized carbons (Fsp3) is 0.261. The van der Waals surface area contributed by atoms with Crippen LogP contribution in [0.3, 0.4) is 0 Å². The van der Waals surface area contributed by atoms with E-state index in [2.05, 4.69) is 25.1 Å². The Balaban J connectivity index is 1.42. The van der Waals surface area contributed by atoms with Crippen molar-refractivity contribution < 1.29 is 4.79 Å². The van der Waals surface area contributed by atoms with Gasteiger partial charge < -0.3 is 14.9 Å². The number of para-hydroxylation sites is 1. The molecule has 0 spiro atoms. The first kappa shape index (κ1) is 21.1. The van der Waals surface area contributed by atoms with Crippen molar-refractivity contribution >= 4 is 34.1 Å². The van der Waals surface area contributed by atoms with E-state index in [0.717, 1.165) is 42.6 Å². The fourth-order valence-electron chi connectivity index (χ4n) is 4.15. The molecule has 1 aliphatic heterocycles. The number of aromatic amines is 1. The van der Waals surface area contributed by atoms with E-state index in [1.54, 1.807) is 42.5 Å². The maximum absolute atomic E-state index is 12.7. The molecule has 10 heteroatoms. The Morgan fingerprint density at radius 1 is 1.09 bits per heavy atom. The summed E-state index contributed by atoms with van der Waals surface area (Å²) in [5.41, 5.74) is 0.412. The van der Waals surface area contributed by atoms with Crippen LogP contribution in [0, 0.1) is 0 Å². The number of carbonyl (C=O) groups excluding carboxylic acids is 1. The van der Waals surface area contributed by atoms with E-state index < -0.39 is 23.7 Å². The Bertz CT molecular complexity index is 1490. The van der Waals surface area contributed by atoms with Crippen molar-refractivity contribution in [1.29, 1.82) is 0 Å². The molecule has 4 aromatic rings. The van der Waals surface area contributed by atoms with Crippen molar-refractivity contribution in [2.24, 2.45) is 0 Å². The van der Waals surface area contributed by atoms with E-state index in [4.69, 9.17) is 11.6 Å². The Morgan fingerprint density at radius 3 is 2.82 bits per heavy atom. The number of H-pyrrole nitrogens is 1. The predicted octanol–water partition coefficient (Wildman–Crippen LogP) is 2.97. The van der Waals surface area contributed by atoms with Gasteiger partial charge in [-0.15, -0.1) is 10.2 Å². The van der Waals surface area contributed by atoms with Crippen molar-refractivity contribution in [1.82, 2.24) is 24.3 Å². The van der Waals surface area contributed by atoms with Crippen LogP contribution in [0.1, 0.15) is 25.1 Å². The molecule has 33 heavy (non-hydrogen) atoms. The van der Waals surface area contributed by atoms with Gasteiger partial charge in [0.25, 0.3) is 5.56 Å². The smallest absolute Gasteiger partial charge is 0.325 e. The highest BCUT2D eigenvalue weighted by molar-refractivity contribution is 6.33. The number of benzene rings is 2. The third-order valence-corrected chi connectivity index (χ3v) is 6.12. The molecule has 2 aromatic heterocycles. The van der Waals surface area contributed by atoms with Gasteiger partial charge in [-0.1, -0.05) is 30.2 Å². The standard InChI is InChI=1S/C23H21ClN6O3/c24-17-10-9-14(12-16(17)21-28-27-19-8-2-1-5-11-29(19)21)25-20(31)13-30-22(32)15-6-3-4-7-18(15)26-23(30)33/h3-4,6-7,9-10,12H,1-2,5,8,11,13H2,(H,25,31)(H,26,33). The molecule has 0 atom stereocenters. The van der Waals surface area contributed by atoms with Crippen molar-refractivity contribution in [3.63, 3.8) is 0 Å². The zero-order valence-corrected chi connectivity index (χ0v) is 18.4. The molecule has 0 bridgehead atoms. The van der Waals surface area contributed by atoms with Gasteiger partial charge in [0.2, 0.25) is 5.91 Å². The second kappa shape index (κ2) is 8.67. The van der Waals surface area contributed by atoms with Crippen LogP contribution >= 0.6 is 11.6 Å². The highest BCUT2D eigenvalue weighted by atomic mass is 35.5. The van der Waals surface area contributed by atoms with Gasteiger partial charge in [-0.05, 0) is 43.2 Å². The Labute approximate surface area is 193 Å². The number of nitrogens with one attached hydrogen (secondary N) is 2. The molecule has 0 saturated heterocycles. The normalized spacial score (nSPS) is 13.5. The van der Waals surface area contributed by atoms with Gasteiger partial charge in [-0.3, -0.25) is 14.2 Å². The quantitative estimate of drug-likeness (QED) is 0.482. The molecule has 0 unspecified atom stereocenters. The Hall–Kier alpha value is -3.72. The summed E-state index contributed by atoms with van der Waals surface area (Å²) in [5.74, 6) is 1.09. The second-order valence-electron chi connectivity index (χ2n) is 8.01. The van der Waals surface area contributed by atoms with Crippen LogP contribution < -0.4 is 16.6 Å². The van der Waals surface area contributed by atoms with Gasteiger partial charge in [0.1, 0.15) is 12.4 Å². The van der Waals surface area contributed by atoms with Gasteiger partial charge in [0.05, 0.1) is 15.9 Å². The highest BCUT2D eigenvalue weighted by Crippen LogP contribution is 2.31. The van der Waals surface area contributed by atoms with Gasteiger partial charge >= 0.3 is 5.69 Å². The summed E-state index contributed by atoms with van der Waals surface area (Å²) in [6, 6.07) is 11.7. The molecule has 0 aliphatic carbocycles. The molecule has 0 saturated carbocycles. The molecule has 2 aromatic carbocycles. The number of anilines is 1. The molecular formula is C23H21ClN6O3. The SMILES string of the molecule is O=C(Cn1c(=O)[nH]c2ccccc2c1=O)Nc1ccc(Cl)c(-c2nnc3n2CCCCC3)c1. The molecule has 0 fully saturated rings. The summed E-state index contributed by atoms with van der Waals surface area (Å²) in [6.07, 6.45) is 4.13. The lowest BCUT2D eigenvalue weighted by molar-refractivity contribution is -0.116. The summed E-state index contributed by atoms with van der Waals surface area (Å²) in [5, 5.41) is 12.2. The minimum absolute atomic E-state index is 0.339. The Morgan fingerprint density at radius 2 is 1.94 bits per heavy atom. The minimum atomic E-state index is -0.642. The number of hydrogen-bond acceptors (Lipinski definition) is 5. The lowest BCUT2D eigenvalue weighted by Gasteiger charge is -2.11. The van der Waals surface area contributed by atoms with Gasteiger partial charge in [-0.25, -0.2) is 4.79 Å². The number of fused-ring (bicyclic) bond motifs is 2. The van der Waals surface area contributed by atoms with Crippen LogP contribution in [-0.4, -0.2) is 30.2 Å². The number of aryl methyl sites for hydroxylation is 1. The number of nitrogens with zero attached hydrogens (tertiary/aromatic N) is 4. The van der Waals surface area contributed by atoms with E-state index in [1.165, 1.54) is 0 Å². The van der Waals surface area contributed by atoms with Crippen LogP contribution in [0.25, 0.3) is 22.3 Å².